The van der Waals surface area contributed by atoms with Crippen LogP contribution in [-0.4, -0.2) is 65.1 Å². The van der Waals surface area contributed by atoms with Crippen LogP contribution < -0.4 is 5.32 Å². The van der Waals surface area contributed by atoms with E-state index in [1.807, 2.05) is 39.8 Å². The molecule has 0 unspecified atom stereocenters. The van der Waals surface area contributed by atoms with Gasteiger partial charge < -0.3 is 15.0 Å². The van der Waals surface area contributed by atoms with Crippen molar-refractivity contribution in [2.45, 2.75) is 39.7 Å². The lowest BCUT2D eigenvalue weighted by Gasteiger charge is -2.35. The molecule has 1 fully saturated rings. The Kier molecular flexibility index (Phi) is 6.36. The van der Waals surface area contributed by atoms with Gasteiger partial charge in [0.25, 0.3) is 0 Å². The Morgan fingerprint density at radius 3 is 2.52 bits per heavy atom. The number of carbonyl (C=O) groups is 2. The molecule has 25 heavy (non-hydrogen) atoms. The maximum Gasteiger partial charge on any atom is 0.410 e. The largest absolute Gasteiger partial charge is 0.444 e. The standard InChI is InChI=1S/C18H28N4O3/c1-14-5-7-19-15(13-14)20-16(23)6-8-21-9-11-22(12-10-21)17(24)25-18(2,3)4/h5,7,13H,6,8-12H2,1-4H3,(H,19,20,23). The molecular weight excluding hydrogens is 320 g/mol. The molecule has 138 valence electrons. The molecule has 2 amide bonds. The summed E-state index contributed by atoms with van der Waals surface area (Å²) in [6, 6.07) is 3.73. The summed E-state index contributed by atoms with van der Waals surface area (Å²) in [7, 11) is 0. The number of amides is 2. The number of anilines is 1. The van der Waals surface area contributed by atoms with Crippen molar-refractivity contribution in [2.24, 2.45) is 0 Å². The van der Waals surface area contributed by atoms with Gasteiger partial charge in [-0.05, 0) is 45.4 Å². The van der Waals surface area contributed by atoms with E-state index in [4.69, 9.17) is 4.74 Å². The second kappa shape index (κ2) is 8.29. The van der Waals surface area contributed by atoms with Gasteiger partial charge in [-0.2, -0.15) is 0 Å². The smallest absolute Gasteiger partial charge is 0.410 e. The third kappa shape index (κ3) is 6.70. The summed E-state index contributed by atoms with van der Waals surface area (Å²) in [6.45, 7) is 11.0. The maximum atomic E-state index is 12.0. The molecule has 0 bridgehead atoms. The van der Waals surface area contributed by atoms with E-state index in [0.29, 0.717) is 31.9 Å². The fourth-order valence-corrected chi connectivity index (χ4v) is 2.55. The van der Waals surface area contributed by atoms with Crippen molar-refractivity contribution in [3.63, 3.8) is 0 Å². The number of hydrogen-bond donors (Lipinski definition) is 1. The molecule has 0 spiro atoms. The molecule has 0 saturated carbocycles. The SMILES string of the molecule is Cc1ccnc(NC(=O)CCN2CCN(C(=O)OC(C)(C)C)CC2)c1. The molecule has 7 nitrogen and oxygen atoms in total. The van der Waals surface area contributed by atoms with Crippen LogP contribution in [0.3, 0.4) is 0 Å². The van der Waals surface area contributed by atoms with Gasteiger partial charge in [-0.3, -0.25) is 9.69 Å². The molecule has 1 N–H and O–H groups in total. The number of rotatable bonds is 4. The van der Waals surface area contributed by atoms with Crippen molar-refractivity contribution in [2.75, 3.05) is 38.0 Å². The predicted molar refractivity (Wildman–Crippen MR) is 96.5 cm³/mol. The highest BCUT2D eigenvalue weighted by Crippen LogP contribution is 2.12. The van der Waals surface area contributed by atoms with Gasteiger partial charge in [0, 0.05) is 45.3 Å². The van der Waals surface area contributed by atoms with Gasteiger partial charge in [-0.25, -0.2) is 9.78 Å². The Bertz CT molecular complexity index is 605. The molecule has 7 heteroatoms. The average Bonchev–Trinajstić information content (AvgIpc) is 2.52. The van der Waals surface area contributed by atoms with Gasteiger partial charge in [0.1, 0.15) is 11.4 Å². The third-order valence-corrected chi connectivity index (χ3v) is 3.86. The zero-order valence-electron chi connectivity index (χ0n) is 15.5. The number of nitrogens with zero attached hydrogens (tertiary/aromatic N) is 3. The van der Waals surface area contributed by atoms with Crippen LogP contribution in [0.5, 0.6) is 0 Å². The van der Waals surface area contributed by atoms with Crippen LogP contribution in [0.25, 0.3) is 0 Å². The number of carbonyl (C=O) groups excluding carboxylic acids is 2. The van der Waals surface area contributed by atoms with E-state index in [1.165, 1.54) is 0 Å². The number of aromatic nitrogens is 1. The van der Waals surface area contributed by atoms with E-state index < -0.39 is 5.60 Å². The Balaban J connectivity index is 1.70. The molecule has 1 aliphatic heterocycles. The van der Waals surface area contributed by atoms with E-state index in [9.17, 15) is 9.59 Å². The Hall–Kier alpha value is -2.15. The molecule has 1 aromatic heterocycles. The van der Waals surface area contributed by atoms with Crippen LogP contribution in [0.2, 0.25) is 0 Å². The third-order valence-electron chi connectivity index (χ3n) is 3.86. The van der Waals surface area contributed by atoms with E-state index in [2.05, 4.69) is 15.2 Å². The number of pyridine rings is 1. The van der Waals surface area contributed by atoms with Crippen molar-refractivity contribution < 1.29 is 14.3 Å². The van der Waals surface area contributed by atoms with E-state index in [-0.39, 0.29) is 12.0 Å². The molecule has 1 aliphatic rings. The highest BCUT2D eigenvalue weighted by molar-refractivity contribution is 5.89. The molecule has 2 rings (SSSR count). The summed E-state index contributed by atoms with van der Waals surface area (Å²) in [6.07, 6.45) is 1.82. The fraction of sp³-hybridized carbons (Fsp3) is 0.611. The first-order chi connectivity index (χ1) is 11.7. The molecule has 0 aliphatic carbocycles. The predicted octanol–water partition coefficient (Wildman–Crippen LogP) is 2.27. The summed E-state index contributed by atoms with van der Waals surface area (Å²) in [4.78, 5) is 32.1. The van der Waals surface area contributed by atoms with Gasteiger partial charge in [0.15, 0.2) is 0 Å². The zero-order chi connectivity index (χ0) is 18.4. The lowest BCUT2D eigenvalue weighted by molar-refractivity contribution is -0.116. The minimum Gasteiger partial charge on any atom is -0.444 e. The van der Waals surface area contributed by atoms with E-state index in [1.54, 1.807) is 11.1 Å². The Labute approximate surface area is 149 Å². The highest BCUT2D eigenvalue weighted by atomic mass is 16.6. The summed E-state index contributed by atoms with van der Waals surface area (Å²) in [5.74, 6) is 0.535. The van der Waals surface area contributed by atoms with Crippen LogP contribution in [-0.2, 0) is 9.53 Å². The summed E-state index contributed by atoms with van der Waals surface area (Å²) >= 11 is 0. The second-order valence-corrected chi connectivity index (χ2v) is 7.33. The lowest BCUT2D eigenvalue weighted by Crippen LogP contribution is -2.50. The molecular formula is C18H28N4O3. The topological polar surface area (TPSA) is 74.8 Å². The van der Waals surface area contributed by atoms with E-state index >= 15 is 0 Å². The minimum atomic E-state index is -0.476. The first-order valence-corrected chi connectivity index (χ1v) is 8.66. The van der Waals surface area contributed by atoms with Crippen molar-refractivity contribution >= 4 is 17.8 Å². The lowest BCUT2D eigenvalue weighted by atomic mass is 10.2. The fourth-order valence-electron chi connectivity index (χ4n) is 2.55. The Morgan fingerprint density at radius 2 is 1.92 bits per heavy atom. The minimum absolute atomic E-state index is 0.0485. The summed E-state index contributed by atoms with van der Waals surface area (Å²) < 4.78 is 5.38. The quantitative estimate of drug-likeness (QED) is 0.903. The van der Waals surface area contributed by atoms with Gasteiger partial charge in [-0.15, -0.1) is 0 Å². The molecule has 0 aromatic carbocycles. The van der Waals surface area contributed by atoms with Crippen LogP contribution in [0.4, 0.5) is 10.6 Å². The van der Waals surface area contributed by atoms with Crippen molar-refractivity contribution in [1.29, 1.82) is 0 Å². The second-order valence-electron chi connectivity index (χ2n) is 7.33. The van der Waals surface area contributed by atoms with Crippen LogP contribution >= 0.6 is 0 Å². The summed E-state index contributed by atoms with van der Waals surface area (Å²) in [5.41, 5.74) is 0.583. The van der Waals surface area contributed by atoms with Crippen molar-refractivity contribution in [3.05, 3.63) is 23.9 Å². The zero-order valence-corrected chi connectivity index (χ0v) is 15.5. The van der Waals surface area contributed by atoms with Gasteiger partial charge >= 0.3 is 6.09 Å². The molecule has 1 aromatic rings. The molecule has 0 radical (unpaired) electrons. The monoisotopic (exact) mass is 348 g/mol. The first-order valence-electron chi connectivity index (χ1n) is 8.66. The van der Waals surface area contributed by atoms with Crippen LogP contribution in [0.15, 0.2) is 18.3 Å². The molecule has 1 saturated heterocycles. The molecule has 0 atom stereocenters. The highest BCUT2D eigenvalue weighted by Gasteiger charge is 2.25. The Morgan fingerprint density at radius 1 is 1.24 bits per heavy atom. The van der Waals surface area contributed by atoms with Gasteiger partial charge in [0.2, 0.25) is 5.91 Å². The number of aryl methyl sites for hydroxylation is 1. The number of ether oxygens (including phenoxy) is 1. The van der Waals surface area contributed by atoms with Crippen LogP contribution in [0, 0.1) is 6.92 Å². The van der Waals surface area contributed by atoms with E-state index in [0.717, 1.165) is 18.7 Å². The number of nitrogens with one attached hydrogen (secondary N) is 1. The number of piperazine rings is 1. The normalized spacial score (nSPS) is 15.8. The van der Waals surface area contributed by atoms with Gasteiger partial charge in [0.05, 0.1) is 0 Å². The first kappa shape index (κ1) is 19.2. The van der Waals surface area contributed by atoms with Crippen molar-refractivity contribution in [1.82, 2.24) is 14.8 Å². The average molecular weight is 348 g/mol. The maximum absolute atomic E-state index is 12.0. The van der Waals surface area contributed by atoms with Gasteiger partial charge in [-0.1, -0.05) is 0 Å². The number of hydrogen-bond acceptors (Lipinski definition) is 5. The molecule has 2 heterocycles. The van der Waals surface area contributed by atoms with Crippen LogP contribution in [0.1, 0.15) is 32.8 Å². The van der Waals surface area contributed by atoms with Crippen molar-refractivity contribution in [3.8, 4) is 0 Å². The summed E-state index contributed by atoms with van der Waals surface area (Å²) in [5, 5.41) is 2.81.